The topological polar surface area (TPSA) is 83.0 Å². The number of hydrogen-bond donors (Lipinski definition) is 2. The summed E-state index contributed by atoms with van der Waals surface area (Å²) in [5.74, 6) is 1.23. The van der Waals surface area contributed by atoms with Gasteiger partial charge >= 0.3 is 0 Å². The Balaban J connectivity index is 0.00000841. The second-order valence-electron chi connectivity index (χ2n) is 7.01. The van der Waals surface area contributed by atoms with Gasteiger partial charge in [-0.25, -0.2) is 8.42 Å². The van der Waals surface area contributed by atoms with Gasteiger partial charge in [-0.2, -0.15) is 4.31 Å². The van der Waals surface area contributed by atoms with Gasteiger partial charge in [-0.3, -0.25) is 4.99 Å². The van der Waals surface area contributed by atoms with Crippen LogP contribution in [0.5, 0.6) is 0 Å². The second-order valence-corrected chi connectivity index (χ2v) is 10.3. The first-order chi connectivity index (χ1) is 13.8. The van der Waals surface area contributed by atoms with Crippen LogP contribution in [0.25, 0.3) is 0 Å². The zero-order valence-electron chi connectivity index (χ0n) is 19.1. The van der Waals surface area contributed by atoms with E-state index in [9.17, 15) is 8.42 Å². The predicted octanol–water partition coefficient (Wildman–Crippen LogP) is 3.56. The fourth-order valence-electron chi connectivity index (χ4n) is 3.00. The minimum Gasteiger partial charge on any atom is -0.378 e. The maximum Gasteiger partial charge on any atom is 0.252 e. The van der Waals surface area contributed by atoms with Crippen LogP contribution in [0.15, 0.2) is 21.3 Å². The van der Waals surface area contributed by atoms with Gasteiger partial charge in [-0.15, -0.1) is 35.3 Å². The molecule has 0 bridgehead atoms. The molecule has 1 rings (SSSR count). The summed E-state index contributed by atoms with van der Waals surface area (Å²) < 4.78 is 32.8. The second kappa shape index (κ2) is 15.4. The number of aliphatic imine (C=N–C) groups is 1. The number of nitrogens with one attached hydrogen (secondary N) is 2. The standard InChI is InChI=1S/C20H38N4O3S2.HI/c1-7-24(8-2)29(25,26)19-11-10-17(28-19)12-14-22-20(21-6)23-15-13-18(16(4)5)27-9-3;/h10-11,16,18H,7-9,12-15H2,1-6H3,(H2,21,22,23);1H. The summed E-state index contributed by atoms with van der Waals surface area (Å²) in [7, 11) is -1.63. The molecular weight excluding hydrogens is 535 g/mol. The van der Waals surface area contributed by atoms with Crippen molar-refractivity contribution in [2.24, 2.45) is 10.9 Å². The van der Waals surface area contributed by atoms with Crippen molar-refractivity contribution >= 4 is 51.3 Å². The van der Waals surface area contributed by atoms with Crippen LogP contribution in [0.1, 0.15) is 45.9 Å². The van der Waals surface area contributed by atoms with Gasteiger partial charge in [0.05, 0.1) is 6.10 Å². The highest BCUT2D eigenvalue weighted by molar-refractivity contribution is 14.0. The molecule has 0 amide bonds. The number of rotatable bonds is 13. The highest BCUT2D eigenvalue weighted by atomic mass is 127. The van der Waals surface area contributed by atoms with E-state index in [1.165, 1.54) is 15.6 Å². The lowest BCUT2D eigenvalue weighted by atomic mass is 10.0. The number of guanidine groups is 1. The highest BCUT2D eigenvalue weighted by Gasteiger charge is 2.23. The molecule has 0 aliphatic heterocycles. The summed E-state index contributed by atoms with van der Waals surface area (Å²) in [5.41, 5.74) is 0. The lowest BCUT2D eigenvalue weighted by Crippen LogP contribution is -2.40. The van der Waals surface area contributed by atoms with Crippen molar-refractivity contribution in [2.75, 3.05) is 39.8 Å². The van der Waals surface area contributed by atoms with E-state index in [4.69, 9.17) is 4.74 Å². The molecule has 1 atom stereocenters. The summed E-state index contributed by atoms with van der Waals surface area (Å²) >= 11 is 1.34. The molecule has 1 heterocycles. The van der Waals surface area contributed by atoms with Crippen LogP contribution >= 0.6 is 35.3 Å². The number of nitrogens with zero attached hydrogens (tertiary/aromatic N) is 2. The van der Waals surface area contributed by atoms with Crippen LogP contribution in [0.4, 0.5) is 0 Å². The number of thiophene rings is 1. The molecule has 0 aromatic carbocycles. The van der Waals surface area contributed by atoms with Crippen molar-refractivity contribution in [1.82, 2.24) is 14.9 Å². The van der Waals surface area contributed by atoms with Gasteiger partial charge in [0.2, 0.25) is 0 Å². The van der Waals surface area contributed by atoms with Gasteiger partial charge in [0, 0.05) is 44.7 Å². The lowest BCUT2D eigenvalue weighted by Gasteiger charge is -2.21. The fourth-order valence-corrected chi connectivity index (χ4v) is 5.97. The molecule has 0 radical (unpaired) electrons. The molecule has 0 saturated heterocycles. The molecule has 10 heteroatoms. The van der Waals surface area contributed by atoms with Gasteiger partial charge in [0.25, 0.3) is 10.0 Å². The van der Waals surface area contributed by atoms with Gasteiger partial charge in [0.1, 0.15) is 4.21 Å². The van der Waals surface area contributed by atoms with E-state index in [1.807, 2.05) is 26.8 Å². The maximum atomic E-state index is 12.6. The van der Waals surface area contributed by atoms with Crippen molar-refractivity contribution in [3.8, 4) is 0 Å². The molecule has 0 fully saturated rings. The Kier molecular flexibility index (Phi) is 15.2. The third-order valence-electron chi connectivity index (χ3n) is 4.67. The monoisotopic (exact) mass is 574 g/mol. The molecule has 1 aromatic rings. The van der Waals surface area contributed by atoms with Crippen LogP contribution in [0.2, 0.25) is 0 Å². The van der Waals surface area contributed by atoms with Gasteiger partial charge < -0.3 is 15.4 Å². The molecule has 7 nitrogen and oxygen atoms in total. The predicted molar refractivity (Wildman–Crippen MR) is 138 cm³/mol. The Morgan fingerprint density at radius 1 is 1.17 bits per heavy atom. The number of halogens is 1. The number of hydrogen-bond acceptors (Lipinski definition) is 5. The minimum atomic E-state index is -3.37. The van der Waals surface area contributed by atoms with Crippen molar-refractivity contribution in [3.63, 3.8) is 0 Å². The van der Waals surface area contributed by atoms with E-state index < -0.39 is 10.0 Å². The quantitative estimate of drug-likeness (QED) is 0.214. The molecule has 0 aliphatic rings. The molecule has 0 spiro atoms. The number of sulfonamides is 1. The maximum absolute atomic E-state index is 12.6. The summed E-state index contributed by atoms with van der Waals surface area (Å²) in [6, 6.07) is 3.61. The highest BCUT2D eigenvalue weighted by Crippen LogP contribution is 2.25. The molecule has 2 N–H and O–H groups in total. The van der Waals surface area contributed by atoms with Crippen LogP contribution < -0.4 is 10.6 Å². The Morgan fingerprint density at radius 2 is 1.80 bits per heavy atom. The van der Waals surface area contributed by atoms with Crippen LogP contribution in [-0.2, 0) is 21.2 Å². The Hall–Kier alpha value is -0.430. The van der Waals surface area contributed by atoms with Crippen LogP contribution in [0.3, 0.4) is 0 Å². The molecule has 0 aliphatic carbocycles. The normalized spacial score (nSPS) is 13.4. The van der Waals surface area contributed by atoms with Gasteiger partial charge in [-0.1, -0.05) is 27.7 Å². The van der Waals surface area contributed by atoms with Crippen molar-refractivity contribution in [1.29, 1.82) is 0 Å². The zero-order chi connectivity index (χ0) is 21.9. The lowest BCUT2D eigenvalue weighted by molar-refractivity contribution is 0.0258. The van der Waals surface area contributed by atoms with Gasteiger partial charge in [-0.05, 0) is 37.8 Å². The molecule has 1 unspecified atom stereocenters. The van der Waals surface area contributed by atoms with Crippen LogP contribution in [-0.4, -0.2) is 64.6 Å². The third kappa shape index (κ3) is 9.37. The average Bonchev–Trinajstić information content (AvgIpc) is 3.16. The van der Waals surface area contributed by atoms with Crippen molar-refractivity contribution in [2.45, 2.75) is 57.8 Å². The molecule has 30 heavy (non-hydrogen) atoms. The van der Waals surface area contributed by atoms with E-state index in [0.29, 0.717) is 29.8 Å². The van der Waals surface area contributed by atoms with E-state index >= 15 is 0 Å². The van der Waals surface area contributed by atoms with E-state index in [-0.39, 0.29) is 30.1 Å². The Morgan fingerprint density at radius 3 is 2.33 bits per heavy atom. The van der Waals surface area contributed by atoms with E-state index in [1.54, 1.807) is 13.1 Å². The SMILES string of the molecule is CCOC(CCNC(=NC)NCCc1ccc(S(=O)(=O)N(CC)CC)s1)C(C)C.I. The first-order valence-electron chi connectivity index (χ1n) is 10.4. The van der Waals surface area contributed by atoms with Crippen molar-refractivity contribution < 1.29 is 13.2 Å². The first-order valence-corrected chi connectivity index (χ1v) is 12.7. The van der Waals surface area contributed by atoms with Gasteiger partial charge in [0.15, 0.2) is 5.96 Å². The van der Waals surface area contributed by atoms with E-state index in [0.717, 1.165) is 36.8 Å². The third-order valence-corrected chi connectivity index (χ3v) is 8.33. The summed E-state index contributed by atoms with van der Waals surface area (Å²) in [6.07, 6.45) is 1.90. The molecule has 0 saturated carbocycles. The Bertz CT molecular complexity index is 719. The average molecular weight is 575 g/mol. The van der Waals surface area contributed by atoms with E-state index in [2.05, 4.69) is 29.5 Å². The van der Waals surface area contributed by atoms with Crippen molar-refractivity contribution in [3.05, 3.63) is 17.0 Å². The smallest absolute Gasteiger partial charge is 0.252 e. The summed E-state index contributed by atoms with van der Waals surface area (Å²) in [6.45, 7) is 13.2. The number of ether oxygens (including phenoxy) is 1. The molecular formula is C20H39IN4O3S2. The Labute approximate surface area is 204 Å². The zero-order valence-corrected chi connectivity index (χ0v) is 23.1. The summed E-state index contributed by atoms with van der Waals surface area (Å²) in [5, 5.41) is 6.61. The van der Waals surface area contributed by atoms with Crippen LogP contribution in [0, 0.1) is 5.92 Å². The first kappa shape index (κ1) is 29.6. The molecule has 176 valence electrons. The fraction of sp³-hybridized carbons (Fsp3) is 0.750. The minimum absolute atomic E-state index is 0. The largest absolute Gasteiger partial charge is 0.378 e. The summed E-state index contributed by atoms with van der Waals surface area (Å²) in [4.78, 5) is 5.29. The molecule has 1 aromatic heterocycles.